The van der Waals surface area contributed by atoms with Crippen molar-refractivity contribution in [3.8, 4) is 0 Å². The fourth-order valence-electron chi connectivity index (χ4n) is 2.47. The van der Waals surface area contributed by atoms with Crippen LogP contribution in [0.1, 0.15) is 24.8 Å². The highest BCUT2D eigenvalue weighted by atomic mass is 19.1. The smallest absolute Gasteiger partial charge is 0.230 e. The number of fused-ring (bicyclic) bond motifs is 1. The van der Waals surface area contributed by atoms with Crippen LogP contribution >= 0.6 is 0 Å². The summed E-state index contributed by atoms with van der Waals surface area (Å²) in [7, 11) is 3.25. The van der Waals surface area contributed by atoms with Crippen molar-refractivity contribution in [1.29, 1.82) is 0 Å². The van der Waals surface area contributed by atoms with Crippen molar-refractivity contribution in [2.45, 2.75) is 25.3 Å². The Morgan fingerprint density at radius 2 is 2.29 bits per heavy atom. The molecular weight excluding hydrogens is 275 g/mol. The number of carbonyl (C=O) groups is 2. The number of hydrogen-bond donors (Lipinski definition) is 1. The van der Waals surface area contributed by atoms with Crippen LogP contribution in [0.5, 0.6) is 0 Å². The lowest BCUT2D eigenvalue weighted by Gasteiger charge is -2.31. The van der Waals surface area contributed by atoms with Crippen molar-refractivity contribution < 1.29 is 18.7 Å². The van der Waals surface area contributed by atoms with Gasteiger partial charge >= 0.3 is 0 Å². The average molecular weight is 294 g/mol. The molecule has 1 N–H and O–H groups in total. The molecule has 1 aromatic rings. The van der Waals surface area contributed by atoms with E-state index in [2.05, 4.69) is 5.32 Å². The molecule has 1 aliphatic heterocycles. The zero-order valence-corrected chi connectivity index (χ0v) is 12.4. The number of nitrogens with zero attached hydrogens (tertiary/aromatic N) is 1. The van der Waals surface area contributed by atoms with Gasteiger partial charge in [-0.15, -0.1) is 0 Å². The fourth-order valence-corrected chi connectivity index (χ4v) is 2.47. The van der Waals surface area contributed by atoms with E-state index in [1.165, 1.54) is 12.1 Å². The van der Waals surface area contributed by atoms with Crippen molar-refractivity contribution in [3.63, 3.8) is 0 Å². The Morgan fingerprint density at radius 1 is 1.57 bits per heavy atom. The lowest BCUT2D eigenvalue weighted by molar-refractivity contribution is -0.136. The number of rotatable bonds is 4. The number of likely N-dealkylation sites (N-methyl/N-ethyl adjacent to an activating group) is 1. The van der Waals surface area contributed by atoms with Gasteiger partial charge in [-0.1, -0.05) is 6.07 Å². The van der Waals surface area contributed by atoms with Gasteiger partial charge in [-0.25, -0.2) is 4.39 Å². The number of methoxy groups -OCH3 is 1. The van der Waals surface area contributed by atoms with Gasteiger partial charge in [0.25, 0.3) is 0 Å². The number of nitrogens with one attached hydrogen (secondary N) is 1. The van der Waals surface area contributed by atoms with Crippen LogP contribution in [-0.2, 0) is 14.3 Å². The maximum atomic E-state index is 13.3. The van der Waals surface area contributed by atoms with Gasteiger partial charge in [0.2, 0.25) is 11.8 Å². The van der Waals surface area contributed by atoms with Crippen molar-refractivity contribution in [1.82, 2.24) is 4.90 Å². The summed E-state index contributed by atoms with van der Waals surface area (Å²) in [5.74, 6) is -1.47. The van der Waals surface area contributed by atoms with E-state index >= 15 is 0 Å². The molecule has 1 heterocycles. The Morgan fingerprint density at radius 3 is 2.95 bits per heavy atom. The van der Waals surface area contributed by atoms with Gasteiger partial charge in [-0.05, 0) is 24.6 Å². The molecular formula is C15H19FN2O3. The summed E-state index contributed by atoms with van der Waals surface area (Å²) in [4.78, 5) is 25.9. The summed E-state index contributed by atoms with van der Waals surface area (Å²) in [6.07, 6.45) is 0.0709. The van der Waals surface area contributed by atoms with E-state index in [0.29, 0.717) is 17.9 Å². The van der Waals surface area contributed by atoms with Crippen LogP contribution in [-0.4, -0.2) is 43.5 Å². The number of amides is 2. The quantitative estimate of drug-likeness (QED) is 0.920. The maximum absolute atomic E-state index is 13.3. The first-order valence-electron chi connectivity index (χ1n) is 6.79. The van der Waals surface area contributed by atoms with E-state index in [1.807, 2.05) is 6.92 Å². The van der Waals surface area contributed by atoms with Crippen LogP contribution < -0.4 is 5.32 Å². The Balaban J connectivity index is 2.28. The third kappa shape index (κ3) is 3.21. The molecule has 21 heavy (non-hydrogen) atoms. The molecule has 1 aromatic carbocycles. The molecule has 0 radical (unpaired) electrons. The molecule has 0 aliphatic carbocycles. The standard InChI is InChI=1S/C15H19FN2O3/c1-9(8-21-3)18(2)15(20)12-7-14(19)17-13-6-10(16)4-5-11(12)13/h4-6,9,12H,7-8H2,1-3H3,(H,17,19)/t9-,12-/m1/s1. The maximum Gasteiger partial charge on any atom is 0.230 e. The van der Waals surface area contributed by atoms with E-state index < -0.39 is 11.7 Å². The Bertz CT molecular complexity index is 562. The zero-order valence-electron chi connectivity index (χ0n) is 12.4. The zero-order chi connectivity index (χ0) is 15.6. The van der Waals surface area contributed by atoms with Gasteiger partial charge < -0.3 is 15.0 Å². The van der Waals surface area contributed by atoms with Crippen LogP contribution in [0.15, 0.2) is 18.2 Å². The normalized spacial score (nSPS) is 18.7. The minimum Gasteiger partial charge on any atom is -0.383 e. The Labute approximate surface area is 123 Å². The molecule has 0 unspecified atom stereocenters. The van der Waals surface area contributed by atoms with E-state index in [4.69, 9.17) is 4.74 Å². The lowest BCUT2D eigenvalue weighted by atomic mass is 9.89. The molecule has 5 nitrogen and oxygen atoms in total. The third-order valence-corrected chi connectivity index (χ3v) is 3.77. The molecule has 6 heteroatoms. The van der Waals surface area contributed by atoms with Crippen LogP contribution in [0.2, 0.25) is 0 Å². The van der Waals surface area contributed by atoms with Crippen molar-refractivity contribution in [2.24, 2.45) is 0 Å². The van der Waals surface area contributed by atoms with Crippen LogP contribution in [0.25, 0.3) is 0 Å². The average Bonchev–Trinajstić information content (AvgIpc) is 2.44. The lowest BCUT2D eigenvalue weighted by Crippen LogP contribution is -2.42. The van der Waals surface area contributed by atoms with Crippen LogP contribution in [0, 0.1) is 5.82 Å². The highest BCUT2D eigenvalue weighted by Crippen LogP contribution is 2.34. The van der Waals surface area contributed by atoms with Crippen LogP contribution in [0.3, 0.4) is 0 Å². The SMILES string of the molecule is COC[C@@H](C)N(C)C(=O)[C@@H]1CC(=O)Nc2cc(F)ccc21. The van der Waals surface area contributed by atoms with Gasteiger partial charge in [-0.2, -0.15) is 0 Å². The second-order valence-electron chi connectivity index (χ2n) is 5.29. The summed E-state index contributed by atoms with van der Waals surface area (Å²) in [6.45, 7) is 2.29. The Hall–Kier alpha value is -1.95. The second-order valence-corrected chi connectivity index (χ2v) is 5.29. The molecule has 2 rings (SSSR count). The summed E-state index contributed by atoms with van der Waals surface area (Å²) in [5.41, 5.74) is 1.02. The first-order chi connectivity index (χ1) is 9.93. The number of anilines is 1. The first kappa shape index (κ1) is 15.4. The predicted octanol–water partition coefficient (Wildman–Crippen LogP) is 1.74. The van der Waals surface area contributed by atoms with Gasteiger partial charge in [0.15, 0.2) is 0 Å². The molecule has 114 valence electrons. The molecule has 1 aliphatic rings. The number of carbonyl (C=O) groups excluding carboxylic acids is 2. The summed E-state index contributed by atoms with van der Waals surface area (Å²) in [5, 5.41) is 2.60. The van der Waals surface area contributed by atoms with E-state index in [9.17, 15) is 14.0 Å². The minimum atomic E-state index is -0.585. The molecule has 0 bridgehead atoms. The Kier molecular flexibility index (Phi) is 4.57. The minimum absolute atomic E-state index is 0.0709. The third-order valence-electron chi connectivity index (χ3n) is 3.77. The summed E-state index contributed by atoms with van der Waals surface area (Å²) < 4.78 is 18.3. The molecule has 0 saturated heterocycles. The molecule has 0 spiro atoms. The number of hydrogen-bond acceptors (Lipinski definition) is 3. The van der Waals surface area contributed by atoms with E-state index in [1.54, 1.807) is 25.1 Å². The summed E-state index contributed by atoms with van der Waals surface area (Å²) in [6, 6.07) is 4.00. The largest absolute Gasteiger partial charge is 0.383 e. The van der Waals surface area contributed by atoms with E-state index in [-0.39, 0.29) is 24.3 Å². The highest BCUT2D eigenvalue weighted by Gasteiger charge is 2.33. The van der Waals surface area contributed by atoms with Gasteiger partial charge in [0, 0.05) is 26.3 Å². The number of halogens is 1. The summed E-state index contributed by atoms with van der Waals surface area (Å²) >= 11 is 0. The first-order valence-corrected chi connectivity index (χ1v) is 6.79. The highest BCUT2D eigenvalue weighted by molar-refractivity contribution is 6.01. The monoisotopic (exact) mass is 294 g/mol. The second kappa shape index (κ2) is 6.22. The number of benzene rings is 1. The fraction of sp³-hybridized carbons (Fsp3) is 0.467. The predicted molar refractivity (Wildman–Crippen MR) is 76.5 cm³/mol. The van der Waals surface area contributed by atoms with Crippen molar-refractivity contribution in [2.75, 3.05) is 26.1 Å². The van der Waals surface area contributed by atoms with Crippen molar-refractivity contribution in [3.05, 3.63) is 29.6 Å². The topological polar surface area (TPSA) is 58.6 Å². The van der Waals surface area contributed by atoms with Gasteiger partial charge in [0.05, 0.1) is 18.6 Å². The van der Waals surface area contributed by atoms with E-state index in [0.717, 1.165) is 0 Å². The number of ether oxygens (including phenoxy) is 1. The van der Waals surface area contributed by atoms with Gasteiger partial charge in [-0.3, -0.25) is 9.59 Å². The van der Waals surface area contributed by atoms with Crippen LogP contribution in [0.4, 0.5) is 10.1 Å². The molecule has 0 fully saturated rings. The molecule has 2 atom stereocenters. The molecule has 0 saturated carbocycles. The molecule has 0 aromatic heterocycles. The van der Waals surface area contributed by atoms with Crippen molar-refractivity contribution >= 4 is 17.5 Å². The molecule has 2 amide bonds. The van der Waals surface area contributed by atoms with Gasteiger partial charge in [0.1, 0.15) is 5.82 Å².